The number of carbonyl (C=O) groups excluding carboxylic acids is 1. The molecular formula is C14H26N2OS. The van der Waals surface area contributed by atoms with Crippen LogP contribution in [-0.2, 0) is 4.79 Å². The molecule has 3 unspecified atom stereocenters. The quantitative estimate of drug-likeness (QED) is 0.777. The fourth-order valence-corrected chi connectivity index (χ4v) is 4.28. The SMILES string of the molecule is CCSC1CCCC1NC(=O)CCC1CCNC1. The maximum atomic E-state index is 12.0. The molecule has 0 bridgehead atoms. The Hall–Kier alpha value is -0.220. The van der Waals surface area contributed by atoms with E-state index in [1.165, 1.54) is 25.7 Å². The van der Waals surface area contributed by atoms with Crippen molar-refractivity contribution in [3.05, 3.63) is 0 Å². The van der Waals surface area contributed by atoms with Crippen LogP contribution in [0.15, 0.2) is 0 Å². The molecule has 1 aliphatic carbocycles. The van der Waals surface area contributed by atoms with Gasteiger partial charge in [-0.1, -0.05) is 13.3 Å². The van der Waals surface area contributed by atoms with E-state index in [2.05, 4.69) is 17.6 Å². The van der Waals surface area contributed by atoms with Gasteiger partial charge in [-0.15, -0.1) is 0 Å². The van der Waals surface area contributed by atoms with Crippen molar-refractivity contribution < 1.29 is 4.79 Å². The summed E-state index contributed by atoms with van der Waals surface area (Å²) in [6.07, 6.45) is 6.73. The highest BCUT2D eigenvalue weighted by atomic mass is 32.2. The van der Waals surface area contributed by atoms with E-state index in [1.807, 2.05) is 11.8 Å². The van der Waals surface area contributed by atoms with Gasteiger partial charge in [0.25, 0.3) is 0 Å². The smallest absolute Gasteiger partial charge is 0.220 e. The topological polar surface area (TPSA) is 41.1 Å². The molecule has 1 saturated carbocycles. The van der Waals surface area contributed by atoms with Gasteiger partial charge in [0.1, 0.15) is 0 Å². The van der Waals surface area contributed by atoms with E-state index in [0.717, 1.165) is 31.2 Å². The molecule has 3 atom stereocenters. The zero-order valence-electron chi connectivity index (χ0n) is 11.4. The molecule has 0 aromatic rings. The summed E-state index contributed by atoms with van der Waals surface area (Å²) in [5.41, 5.74) is 0. The number of thioether (sulfide) groups is 1. The van der Waals surface area contributed by atoms with Crippen molar-refractivity contribution in [3.8, 4) is 0 Å². The number of nitrogens with one attached hydrogen (secondary N) is 2. The Morgan fingerprint density at radius 1 is 1.39 bits per heavy atom. The van der Waals surface area contributed by atoms with Crippen molar-refractivity contribution in [1.29, 1.82) is 0 Å². The van der Waals surface area contributed by atoms with Gasteiger partial charge >= 0.3 is 0 Å². The van der Waals surface area contributed by atoms with Gasteiger partial charge in [-0.05, 0) is 50.4 Å². The maximum Gasteiger partial charge on any atom is 0.220 e. The summed E-state index contributed by atoms with van der Waals surface area (Å²) in [5.74, 6) is 2.15. The van der Waals surface area contributed by atoms with Crippen LogP contribution in [0.3, 0.4) is 0 Å². The van der Waals surface area contributed by atoms with Crippen LogP contribution < -0.4 is 10.6 Å². The van der Waals surface area contributed by atoms with Gasteiger partial charge in [-0.25, -0.2) is 0 Å². The Balaban J connectivity index is 1.66. The van der Waals surface area contributed by atoms with E-state index in [4.69, 9.17) is 0 Å². The van der Waals surface area contributed by atoms with Gasteiger partial charge < -0.3 is 10.6 Å². The molecule has 0 spiro atoms. The van der Waals surface area contributed by atoms with Crippen molar-refractivity contribution in [2.24, 2.45) is 5.92 Å². The number of rotatable bonds is 6. The molecule has 1 aliphatic heterocycles. The first kappa shape index (κ1) is 14.2. The van der Waals surface area contributed by atoms with Crippen molar-refractivity contribution in [2.45, 2.75) is 56.7 Å². The predicted octanol–water partition coefficient (Wildman–Crippen LogP) is 2.17. The first-order valence-electron chi connectivity index (χ1n) is 7.41. The van der Waals surface area contributed by atoms with Gasteiger partial charge in [0.15, 0.2) is 0 Å². The van der Waals surface area contributed by atoms with E-state index in [1.54, 1.807) is 0 Å². The molecule has 1 saturated heterocycles. The Labute approximate surface area is 115 Å². The van der Waals surface area contributed by atoms with Crippen LogP contribution in [-0.4, -0.2) is 36.0 Å². The van der Waals surface area contributed by atoms with Gasteiger partial charge in [-0.3, -0.25) is 4.79 Å². The monoisotopic (exact) mass is 270 g/mol. The fraction of sp³-hybridized carbons (Fsp3) is 0.929. The second-order valence-corrected chi connectivity index (χ2v) is 7.01. The molecule has 2 fully saturated rings. The Morgan fingerprint density at radius 3 is 3.00 bits per heavy atom. The lowest BCUT2D eigenvalue weighted by Gasteiger charge is -2.20. The average Bonchev–Trinajstić information content (AvgIpc) is 2.99. The van der Waals surface area contributed by atoms with Crippen molar-refractivity contribution in [3.63, 3.8) is 0 Å². The molecule has 1 amide bonds. The van der Waals surface area contributed by atoms with E-state index in [0.29, 0.717) is 17.7 Å². The molecule has 2 N–H and O–H groups in total. The fourth-order valence-electron chi connectivity index (χ4n) is 3.08. The van der Waals surface area contributed by atoms with Crippen LogP contribution in [0.1, 0.15) is 45.4 Å². The molecule has 0 radical (unpaired) electrons. The number of amides is 1. The van der Waals surface area contributed by atoms with E-state index >= 15 is 0 Å². The second-order valence-electron chi connectivity index (χ2n) is 5.50. The summed E-state index contributed by atoms with van der Waals surface area (Å²) in [5, 5.41) is 7.27. The van der Waals surface area contributed by atoms with E-state index in [9.17, 15) is 4.79 Å². The van der Waals surface area contributed by atoms with Crippen molar-refractivity contribution in [2.75, 3.05) is 18.8 Å². The normalized spacial score (nSPS) is 31.7. The highest BCUT2D eigenvalue weighted by molar-refractivity contribution is 7.99. The van der Waals surface area contributed by atoms with Crippen LogP contribution in [0.2, 0.25) is 0 Å². The summed E-state index contributed by atoms with van der Waals surface area (Å²) in [7, 11) is 0. The molecule has 18 heavy (non-hydrogen) atoms. The molecule has 1 heterocycles. The highest BCUT2D eigenvalue weighted by Gasteiger charge is 2.28. The maximum absolute atomic E-state index is 12.0. The van der Waals surface area contributed by atoms with Crippen LogP contribution in [0.25, 0.3) is 0 Å². The van der Waals surface area contributed by atoms with Crippen molar-refractivity contribution in [1.82, 2.24) is 10.6 Å². The minimum absolute atomic E-state index is 0.274. The van der Waals surface area contributed by atoms with Gasteiger partial charge in [0, 0.05) is 17.7 Å². The van der Waals surface area contributed by atoms with Crippen LogP contribution >= 0.6 is 11.8 Å². The first-order chi connectivity index (χ1) is 8.79. The third kappa shape index (κ3) is 4.16. The number of carbonyl (C=O) groups is 1. The van der Waals surface area contributed by atoms with Gasteiger partial charge in [0.2, 0.25) is 5.91 Å². The van der Waals surface area contributed by atoms with Gasteiger partial charge in [0.05, 0.1) is 0 Å². The molecule has 0 aromatic carbocycles. The van der Waals surface area contributed by atoms with Crippen LogP contribution in [0.4, 0.5) is 0 Å². The number of hydrogen-bond donors (Lipinski definition) is 2. The second kappa shape index (κ2) is 7.39. The summed E-state index contributed by atoms with van der Waals surface area (Å²) in [6, 6.07) is 0.434. The molecule has 104 valence electrons. The zero-order chi connectivity index (χ0) is 12.8. The Morgan fingerprint density at radius 2 is 2.28 bits per heavy atom. The lowest BCUT2D eigenvalue weighted by molar-refractivity contribution is -0.122. The Bertz CT molecular complexity index is 267. The first-order valence-corrected chi connectivity index (χ1v) is 8.46. The van der Waals surface area contributed by atoms with Crippen molar-refractivity contribution >= 4 is 17.7 Å². The molecule has 2 rings (SSSR count). The Kier molecular flexibility index (Phi) is 5.83. The molecule has 0 aromatic heterocycles. The third-order valence-corrected chi connectivity index (χ3v) is 5.45. The number of hydrogen-bond acceptors (Lipinski definition) is 3. The highest BCUT2D eigenvalue weighted by Crippen LogP contribution is 2.30. The zero-order valence-corrected chi connectivity index (χ0v) is 12.2. The molecule has 2 aliphatic rings. The predicted molar refractivity (Wildman–Crippen MR) is 77.9 cm³/mol. The summed E-state index contributed by atoms with van der Waals surface area (Å²) in [4.78, 5) is 12.0. The summed E-state index contributed by atoms with van der Waals surface area (Å²) in [6.45, 7) is 4.43. The van der Waals surface area contributed by atoms with Crippen LogP contribution in [0.5, 0.6) is 0 Å². The van der Waals surface area contributed by atoms with E-state index in [-0.39, 0.29) is 5.91 Å². The standard InChI is InChI=1S/C14H26N2OS/c1-2-18-13-5-3-4-12(13)16-14(17)7-6-11-8-9-15-10-11/h11-13,15H,2-10H2,1H3,(H,16,17). The molecule has 3 nitrogen and oxygen atoms in total. The lowest BCUT2D eigenvalue weighted by atomic mass is 10.0. The lowest BCUT2D eigenvalue weighted by Crippen LogP contribution is -2.38. The third-order valence-electron chi connectivity index (χ3n) is 4.12. The minimum Gasteiger partial charge on any atom is -0.352 e. The molecule has 4 heteroatoms. The molecular weight excluding hydrogens is 244 g/mol. The largest absolute Gasteiger partial charge is 0.352 e. The minimum atomic E-state index is 0.274. The average molecular weight is 270 g/mol. The van der Waals surface area contributed by atoms with E-state index < -0.39 is 0 Å². The van der Waals surface area contributed by atoms with Crippen LogP contribution in [0, 0.1) is 5.92 Å². The summed E-state index contributed by atoms with van der Waals surface area (Å²) < 4.78 is 0. The van der Waals surface area contributed by atoms with Gasteiger partial charge in [-0.2, -0.15) is 11.8 Å². The summed E-state index contributed by atoms with van der Waals surface area (Å²) >= 11 is 2.01.